The minimum Gasteiger partial charge on any atom is -0.291 e. The van der Waals surface area contributed by atoms with Crippen molar-refractivity contribution in [2.24, 2.45) is 0 Å². The molecule has 0 radical (unpaired) electrons. The number of nitrogens with one attached hydrogen (secondary N) is 1. The van der Waals surface area contributed by atoms with Gasteiger partial charge in [0, 0.05) is 6.54 Å². The maximum Gasteiger partial charge on any atom is 0.116 e. The van der Waals surface area contributed by atoms with E-state index in [2.05, 4.69) is 30.4 Å². The molecule has 1 heterocycles. The second-order valence-electron chi connectivity index (χ2n) is 2.89. The van der Waals surface area contributed by atoms with Crippen LogP contribution < -0.4 is 5.32 Å². The van der Waals surface area contributed by atoms with Gasteiger partial charge in [0.1, 0.15) is 4.99 Å². The van der Waals surface area contributed by atoms with Gasteiger partial charge in [0.2, 0.25) is 0 Å². The van der Waals surface area contributed by atoms with Gasteiger partial charge >= 0.3 is 0 Å². The van der Waals surface area contributed by atoms with E-state index in [0.29, 0.717) is 0 Å². The molecule has 1 atom stereocenters. The van der Waals surface area contributed by atoms with Crippen molar-refractivity contribution in [2.75, 3.05) is 26.4 Å². The first-order valence-corrected chi connectivity index (χ1v) is 4.93. The normalized spacial score (nSPS) is 36.3. The van der Waals surface area contributed by atoms with Gasteiger partial charge in [-0.05, 0) is 33.2 Å². The third kappa shape index (κ3) is 1.47. The van der Waals surface area contributed by atoms with Crippen LogP contribution >= 0.6 is 11.8 Å². The average Bonchev–Trinajstić information content (AvgIpc) is 1.96. The van der Waals surface area contributed by atoms with Crippen LogP contribution in [0.25, 0.3) is 0 Å². The van der Waals surface area contributed by atoms with Gasteiger partial charge in [-0.2, -0.15) is 0 Å². The summed E-state index contributed by atoms with van der Waals surface area (Å²) in [6.07, 6.45) is 3.42. The highest BCUT2D eigenvalue weighted by atomic mass is 32.2. The number of hydrogen-bond acceptors (Lipinski definition) is 3. The van der Waals surface area contributed by atoms with Crippen LogP contribution in [0, 0.1) is 0 Å². The van der Waals surface area contributed by atoms with Crippen molar-refractivity contribution in [1.29, 1.82) is 0 Å². The van der Waals surface area contributed by atoms with Gasteiger partial charge in [0.25, 0.3) is 0 Å². The first kappa shape index (κ1) is 8.37. The summed E-state index contributed by atoms with van der Waals surface area (Å²) < 4.78 is 0. The maximum atomic E-state index is 3.48. The predicted octanol–water partition coefficient (Wildman–Crippen LogP) is 0.948. The Morgan fingerprint density at radius 3 is 2.70 bits per heavy atom. The highest BCUT2D eigenvalue weighted by Gasteiger charge is 2.29. The van der Waals surface area contributed by atoms with Gasteiger partial charge in [-0.15, -0.1) is 11.8 Å². The molecular formula is C7H16N2S. The van der Waals surface area contributed by atoms with Gasteiger partial charge in [-0.3, -0.25) is 10.2 Å². The average molecular weight is 160 g/mol. The molecule has 60 valence electrons. The second kappa shape index (κ2) is 3.11. The van der Waals surface area contributed by atoms with Crippen molar-refractivity contribution in [3.05, 3.63) is 0 Å². The molecule has 0 aromatic rings. The van der Waals surface area contributed by atoms with E-state index in [-0.39, 0.29) is 4.99 Å². The summed E-state index contributed by atoms with van der Waals surface area (Å²) in [6.45, 7) is 4.60. The highest BCUT2D eigenvalue weighted by molar-refractivity contribution is 7.99. The summed E-state index contributed by atoms with van der Waals surface area (Å²) in [5.41, 5.74) is 0. The Labute approximate surface area is 67.4 Å². The molecule has 1 saturated heterocycles. The lowest BCUT2D eigenvalue weighted by Crippen LogP contribution is -2.56. The fraction of sp³-hybridized carbons (Fsp3) is 1.00. The van der Waals surface area contributed by atoms with Crippen LogP contribution in [-0.2, 0) is 0 Å². The standard InChI is InChI=1S/C7H16N2S/c1-7(10-3)8-5-4-6-9(7)2/h8H,4-6H2,1-3H3. The molecular weight excluding hydrogens is 144 g/mol. The lowest BCUT2D eigenvalue weighted by atomic mass is 10.3. The highest BCUT2D eigenvalue weighted by Crippen LogP contribution is 2.24. The number of hydrogen-bond donors (Lipinski definition) is 1. The van der Waals surface area contributed by atoms with Crippen LogP contribution in [-0.4, -0.2) is 36.3 Å². The van der Waals surface area contributed by atoms with E-state index in [4.69, 9.17) is 0 Å². The van der Waals surface area contributed by atoms with Gasteiger partial charge in [0.15, 0.2) is 0 Å². The minimum absolute atomic E-state index is 0.179. The zero-order valence-electron chi connectivity index (χ0n) is 6.98. The third-order valence-corrected chi connectivity index (χ3v) is 3.50. The Morgan fingerprint density at radius 2 is 2.30 bits per heavy atom. The molecule has 1 unspecified atom stereocenters. The van der Waals surface area contributed by atoms with Crippen molar-refractivity contribution in [3.63, 3.8) is 0 Å². The topological polar surface area (TPSA) is 15.3 Å². The van der Waals surface area contributed by atoms with Crippen molar-refractivity contribution < 1.29 is 0 Å². The van der Waals surface area contributed by atoms with E-state index in [0.717, 1.165) is 6.54 Å². The summed E-state index contributed by atoms with van der Waals surface area (Å²) in [5.74, 6) is 0. The molecule has 0 aromatic heterocycles. The van der Waals surface area contributed by atoms with Crippen molar-refractivity contribution >= 4 is 11.8 Å². The molecule has 0 aliphatic carbocycles. The van der Waals surface area contributed by atoms with Crippen molar-refractivity contribution in [2.45, 2.75) is 18.3 Å². The largest absolute Gasteiger partial charge is 0.291 e. The first-order valence-electron chi connectivity index (χ1n) is 3.70. The van der Waals surface area contributed by atoms with Crippen LogP contribution in [0.3, 0.4) is 0 Å². The zero-order chi connectivity index (χ0) is 7.61. The molecule has 0 aromatic carbocycles. The van der Waals surface area contributed by atoms with Gasteiger partial charge in [-0.25, -0.2) is 0 Å². The zero-order valence-corrected chi connectivity index (χ0v) is 7.79. The minimum atomic E-state index is 0.179. The van der Waals surface area contributed by atoms with Crippen LogP contribution in [0.4, 0.5) is 0 Å². The van der Waals surface area contributed by atoms with Crippen LogP contribution in [0.15, 0.2) is 0 Å². The van der Waals surface area contributed by atoms with Crippen LogP contribution in [0.1, 0.15) is 13.3 Å². The van der Waals surface area contributed by atoms with Crippen molar-refractivity contribution in [1.82, 2.24) is 10.2 Å². The van der Waals surface area contributed by atoms with E-state index in [1.165, 1.54) is 13.0 Å². The summed E-state index contributed by atoms with van der Waals surface area (Å²) in [7, 11) is 2.17. The Kier molecular flexibility index (Phi) is 2.61. The van der Waals surface area contributed by atoms with Gasteiger partial charge in [0.05, 0.1) is 0 Å². The maximum absolute atomic E-state index is 3.48. The molecule has 1 rings (SSSR count). The van der Waals surface area contributed by atoms with Gasteiger partial charge < -0.3 is 0 Å². The molecule has 0 spiro atoms. The molecule has 3 heteroatoms. The van der Waals surface area contributed by atoms with E-state index in [9.17, 15) is 0 Å². The Bertz CT molecular complexity index is 118. The molecule has 2 nitrogen and oxygen atoms in total. The van der Waals surface area contributed by atoms with Gasteiger partial charge in [-0.1, -0.05) is 0 Å². The first-order chi connectivity index (χ1) is 4.69. The second-order valence-corrected chi connectivity index (χ2v) is 4.09. The molecule has 0 amide bonds. The molecule has 0 bridgehead atoms. The Hall–Kier alpha value is 0.270. The Balaban J connectivity index is 2.54. The number of thioether (sulfide) groups is 1. The lowest BCUT2D eigenvalue weighted by Gasteiger charge is -2.42. The summed E-state index contributed by atoms with van der Waals surface area (Å²) in [5, 5.41) is 3.48. The van der Waals surface area contributed by atoms with E-state index in [1.54, 1.807) is 0 Å². The molecule has 10 heavy (non-hydrogen) atoms. The summed E-state index contributed by atoms with van der Waals surface area (Å²) >= 11 is 1.87. The lowest BCUT2D eigenvalue weighted by molar-refractivity contribution is 0.151. The predicted molar refractivity (Wildman–Crippen MR) is 47.2 cm³/mol. The summed E-state index contributed by atoms with van der Waals surface area (Å²) in [6, 6.07) is 0. The molecule has 1 fully saturated rings. The molecule has 1 N–H and O–H groups in total. The van der Waals surface area contributed by atoms with Crippen molar-refractivity contribution in [3.8, 4) is 0 Å². The van der Waals surface area contributed by atoms with E-state index >= 15 is 0 Å². The SMILES string of the molecule is CSC1(C)NCCCN1C. The molecule has 1 aliphatic heterocycles. The fourth-order valence-electron chi connectivity index (χ4n) is 1.21. The van der Waals surface area contributed by atoms with E-state index in [1.807, 2.05) is 11.8 Å². The molecule has 0 saturated carbocycles. The smallest absolute Gasteiger partial charge is 0.116 e. The van der Waals surface area contributed by atoms with E-state index < -0.39 is 0 Å². The number of rotatable bonds is 1. The molecule has 1 aliphatic rings. The fourth-order valence-corrected chi connectivity index (χ4v) is 1.86. The summed E-state index contributed by atoms with van der Waals surface area (Å²) in [4.78, 5) is 2.54. The monoisotopic (exact) mass is 160 g/mol. The Morgan fingerprint density at radius 1 is 1.60 bits per heavy atom. The quantitative estimate of drug-likeness (QED) is 0.615. The third-order valence-electron chi connectivity index (χ3n) is 2.25. The van der Waals surface area contributed by atoms with Crippen LogP contribution in [0.2, 0.25) is 0 Å². The number of nitrogens with zero attached hydrogens (tertiary/aromatic N) is 1. The van der Waals surface area contributed by atoms with Crippen LogP contribution in [0.5, 0.6) is 0 Å².